The van der Waals surface area contributed by atoms with Crippen LogP contribution in [-0.4, -0.2) is 52.7 Å². The Kier molecular flexibility index (Phi) is 13.0. The Hall–Kier alpha value is -1.43. The van der Waals surface area contributed by atoms with Gasteiger partial charge in [0.1, 0.15) is 6.61 Å². The Labute approximate surface area is 174 Å². The molecular weight excluding hydrogens is 478 g/mol. The first-order valence-corrected chi connectivity index (χ1v) is 8.27. The Morgan fingerprint density at radius 2 is 1.81 bits per heavy atom. The lowest BCUT2D eigenvalue weighted by Gasteiger charge is -2.12. The van der Waals surface area contributed by atoms with Crippen molar-refractivity contribution >= 4 is 29.9 Å². The number of hydrogen-bond donors (Lipinski definition) is 2. The van der Waals surface area contributed by atoms with Gasteiger partial charge in [0, 0.05) is 19.7 Å². The molecule has 0 aliphatic heterocycles. The quantitative estimate of drug-likeness (QED) is 0.221. The number of halogens is 4. The van der Waals surface area contributed by atoms with Crippen LogP contribution in [0.3, 0.4) is 0 Å². The van der Waals surface area contributed by atoms with Gasteiger partial charge in [0.2, 0.25) is 0 Å². The standard InChI is InChI=1S/C17H26F3N3O3.HI/c1-4-21-16(22-8-5-9-26-12-17(18,19)20)23-11-13-6-7-14(24-2)15(10-13)25-3;/h6-7,10H,4-5,8-9,11-12H2,1-3H3,(H2,21,22,23);1H. The van der Waals surface area contributed by atoms with Gasteiger partial charge in [0.15, 0.2) is 17.5 Å². The molecular formula is C17H27F3IN3O3. The van der Waals surface area contributed by atoms with Crippen LogP contribution in [-0.2, 0) is 11.3 Å². The van der Waals surface area contributed by atoms with Gasteiger partial charge >= 0.3 is 6.18 Å². The van der Waals surface area contributed by atoms with E-state index in [0.29, 0.717) is 43.5 Å². The summed E-state index contributed by atoms with van der Waals surface area (Å²) >= 11 is 0. The monoisotopic (exact) mass is 505 g/mol. The third-order valence-electron chi connectivity index (χ3n) is 3.24. The molecule has 0 fully saturated rings. The Bertz CT molecular complexity index is 572. The highest BCUT2D eigenvalue weighted by molar-refractivity contribution is 14.0. The fourth-order valence-electron chi connectivity index (χ4n) is 2.06. The van der Waals surface area contributed by atoms with Crippen LogP contribution in [0, 0.1) is 0 Å². The molecule has 0 amide bonds. The minimum absolute atomic E-state index is 0. The molecule has 1 rings (SSSR count). The second-order valence-corrected chi connectivity index (χ2v) is 5.33. The van der Waals surface area contributed by atoms with Crippen LogP contribution in [0.15, 0.2) is 23.2 Å². The van der Waals surface area contributed by atoms with E-state index in [4.69, 9.17) is 9.47 Å². The molecule has 0 unspecified atom stereocenters. The number of hydrogen-bond acceptors (Lipinski definition) is 4. The number of rotatable bonds is 10. The number of nitrogens with one attached hydrogen (secondary N) is 2. The fraction of sp³-hybridized carbons (Fsp3) is 0.588. The summed E-state index contributed by atoms with van der Waals surface area (Å²) in [7, 11) is 3.14. The van der Waals surface area contributed by atoms with E-state index in [2.05, 4.69) is 20.4 Å². The van der Waals surface area contributed by atoms with Crippen molar-refractivity contribution in [3.05, 3.63) is 23.8 Å². The zero-order valence-corrected chi connectivity index (χ0v) is 18.0. The summed E-state index contributed by atoms with van der Waals surface area (Å²) in [6.45, 7) is 2.28. The maximum Gasteiger partial charge on any atom is 0.411 e. The number of methoxy groups -OCH3 is 2. The molecule has 1 aromatic carbocycles. The van der Waals surface area contributed by atoms with Crippen LogP contribution in [0.2, 0.25) is 0 Å². The second kappa shape index (κ2) is 13.7. The summed E-state index contributed by atoms with van der Waals surface area (Å²) in [4.78, 5) is 4.45. The van der Waals surface area contributed by atoms with Crippen LogP contribution >= 0.6 is 24.0 Å². The molecule has 0 radical (unpaired) electrons. The SMILES string of the molecule is CCNC(=NCc1ccc(OC)c(OC)c1)NCCCOCC(F)(F)F.I. The molecule has 6 nitrogen and oxygen atoms in total. The molecule has 2 N–H and O–H groups in total. The van der Waals surface area contributed by atoms with Gasteiger partial charge in [0.25, 0.3) is 0 Å². The topological polar surface area (TPSA) is 64.1 Å². The maximum absolute atomic E-state index is 12.0. The number of guanidine groups is 1. The zero-order chi connectivity index (χ0) is 19.4. The molecule has 10 heteroatoms. The van der Waals surface area contributed by atoms with Gasteiger partial charge in [-0.1, -0.05) is 6.07 Å². The van der Waals surface area contributed by atoms with Gasteiger partial charge in [-0.3, -0.25) is 0 Å². The summed E-state index contributed by atoms with van der Waals surface area (Å²) in [5.74, 6) is 1.85. The highest BCUT2D eigenvalue weighted by atomic mass is 127. The maximum atomic E-state index is 12.0. The molecule has 0 spiro atoms. The Morgan fingerprint density at radius 1 is 1.11 bits per heavy atom. The molecule has 0 saturated heterocycles. The fourth-order valence-corrected chi connectivity index (χ4v) is 2.06. The van der Waals surface area contributed by atoms with E-state index in [1.54, 1.807) is 14.2 Å². The van der Waals surface area contributed by atoms with E-state index in [9.17, 15) is 13.2 Å². The molecule has 1 aromatic rings. The molecule has 0 heterocycles. The smallest absolute Gasteiger partial charge is 0.411 e. The average molecular weight is 505 g/mol. The first kappa shape index (κ1) is 25.6. The van der Waals surface area contributed by atoms with E-state index < -0.39 is 12.8 Å². The summed E-state index contributed by atoms with van der Waals surface area (Å²) in [5.41, 5.74) is 0.938. The van der Waals surface area contributed by atoms with Crippen molar-refractivity contribution < 1.29 is 27.4 Å². The van der Waals surface area contributed by atoms with Crippen molar-refractivity contribution in [2.24, 2.45) is 4.99 Å². The minimum atomic E-state index is -4.29. The van der Waals surface area contributed by atoms with Crippen molar-refractivity contribution in [2.75, 3.05) is 40.5 Å². The van der Waals surface area contributed by atoms with E-state index >= 15 is 0 Å². The van der Waals surface area contributed by atoms with Crippen molar-refractivity contribution in [3.8, 4) is 11.5 Å². The van der Waals surface area contributed by atoms with Crippen LogP contribution in [0.5, 0.6) is 11.5 Å². The van der Waals surface area contributed by atoms with Crippen molar-refractivity contribution in [1.29, 1.82) is 0 Å². The second-order valence-electron chi connectivity index (χ2n) is 5.33. The van der Waals surface area contributed by atoms with Gasteiger partial charge in [-0.2, -0.15) is 13.2 Å². The van der Waals surface area contributed by atoms with Gasteiger partial charge in [-0.25, -0.2) is 4.99 Å². The summed E-state index contributed by atoms with van der Waals surface area (Å²) in [6.07, 6.45) is -3.85. The lowest BCUT2D eigenvalue weighted by molar-refractivity contribution is -0.173. The summed E-state index contributed by atoms with van der Waals surface area (Å²) in [6, 6.07) is 5.54. The van der Waals surface area contributed by atoms with Crippen LogP contribution < -0.4 is 20.1 Å². The molecule has 156 valence electrons. The number of aliphatic imine (C=N–C) groups is 1. The van der Waals surface area contributed by atoms with E-state index in [-0.39, 0.29) is 30.6 Å². The van der Waals surface area contributed by atoms with E-state index in [1.165, 1.54) is 0 Å². The third-order valence-corrected chi connectivity index (χ3v) is 3.24. The number of benzene rings is 1. The average Bonchev–Trinajstić information content (AvgIpc) is 2.61. The van der Waals surface area contributed by atoms with Crippen molar-refractivity contribution in [3.63, 3.8) is 0 Å². The first-order valence-electron chi connectivity index (χ1n) is 8.27. The normalized spacial score (nSPS) is 11.6. The van der Waals surface area contributed by atoms with Gasteiger partial charge in [-0.05, 0) is 31.0 Å². The van der Waals surface area contributed by atoms with Crippen molar-refractivity contribution in [1.82, 2.24) is 10.6 Å². The van der Waals surface area contributed by atoms with Crippen LogP contribution in [0.25, 0.3) is 0 Å². The largest absolute Gasteiger partial charge is 0.493 e. The molecule has 0 aliphatic rings. The molecule has 0 aromatic heterocycles. The third kappa shape index (κ3) is 11.1. The van der Waals surface area contributed by atoms with E-state index in [0.717, 1.165) is 5.56 Å². The Balaban J connectivity index is 0.00000676. The predicted octanol–water partition coefficient (Wildman–Crippen LogP) is 3.35. The lowest BCUT2D eigenvalue weighted by atomic mass is 10.2. The minimum Gasteiger partial charge on any atom is -0.493 e. The molecule has 27 heavy (non-hydrogen) atoms. The summed E-state index contributed by atoms with van der Waals surface area (Å²) < 4.78 is 50.9. The molecule has 0 saturated carbocycles. The number of nitrogens with zero attached hydrogens (tertiary/aromatic N) is 1. The zero-order valence-electron chi connectivity index (χ0n) is 15.7. The first-order chi connectivity index (χ1) is 12.4. The Morgan fingerprint density at radius 3 is 2.41 bits per heavy atom. The summed E-state index contributed by atoms with van der Waals surface area (Å²) in [5, 5.41) is 6.14. The van der Waals surface area contributed by atoms with Gasteiger partial charge < -0.3 is 24.8 Å². The molecule has 0 bridgehead atoms. The lowest BCUT2D eigenvalue weighted by Crippen LogP contribution is -2.38. The number of ether oxygens (including phenoxy) is 3. The highest BCUT2D eigenvalue weighted by Crippen LogP contribution is 2.27. The van der Waals surface area contributed by atoms with Gasteiger partial charge in [-0.15, -0.1) is 24.0 Å². The molecule has 0 aliphatic carbocycles. The van der Waals surface area contributed by atoms with Crippen LogP contribution in [0.1, 0.15) is 18.9 Å². The van der Waals surface area contributed by atoms with Gasteiger partial charge in [0.05, 0.1) is 20.8 Å². The highest BCUT2D eigenvalue weighted by Gasteiger charge is 2.27. The van der Waals surface area contributed by atoms with Crippen molar-refractivity contribution in [2.45, 2.75) is 26.1 Å². The number of alkyl halides is 3. The predicted molar refractivity (Wildman–Crippen MR) is 109 cm³/mol. The van der Waals surface area contributed by atoms with E-state index in [1.807, 2.05) is 25.1 Å². The van der Waals surface area contributed by atoms with Crippen LogP contribution in [0.4, 0.5) is 13.2 Å². The molecule has 0 atom stereocenters.